The number of ether oxygens (including phenoxy) is 2. The number of carboxylic acids is 1. The molecule has 0 spiro atoms. The van der Waals surface area contributed by atoms with Crippen molar-refractivity contribution in [1.82, 2.24) is 10.6 Å². The van der Waals surface area contributed by atoms with E-state index in [1.165, 1.54) is 11.1 Å². The Morgan fingerprint density at radius 2 is 1.71 bits per heavy atom. The predicted molar refractivity (Wildman–Crippen MR) is 125 cm³/mol. The largest absolute Gasteiger partial charge is 0.481 e. The second-order valence-corrected chi connectivity index (χ2v) is 8.87. The zero-order valence-electron chi connectivity index (χ0n) is 19.2. The van der Waals surface area contributed by atoms with Crippen molar-refractivity contribution in [2.75, 3.05) is 26.3 Å². The molecule has 4 rings (SSSR count). The second-order valence-electron chi connectivity index (χ2n) is 8.87. The van der Waals surface area contributed by atoms with Crippen LogP contribution in [0.5, 0.6) is 0 Å². The van der Waals surface area contributed by atoms with Crippen LogP contribution in [0.1, 0.15) is 36.8 Å². The highest BCUT2D eigenvalue weighted by Crippen LogP contribution is 2.44. The molecule has 8 heteroatoms. The number of benzene rings is 2. The van der Waals surface area contributed by atoms with E-state index < -0.39 is 24.1 Å². The number of carbonyl (C=O) groups is 3. The summed E-state index contributed by atoms with van der Waals surface area (Å²) < 4.78 is 11.1. The smallest absolute Gasteiger partial charge is 0.407 e. The summed E-state index contributed by atoms with van der Waals surface area (Å²) in [7, 11) is 0. The Morgan fingerprint density at radius 3 is 2.35 bits per heavy atom. The Kier molecular flexibility index (Phi) is 7.47. The van der Waals surface area contributed by atoms with Crippen molar-refractivity contribution in [2.45, 2.75) is 31.8 Å². The number of hydrogen-bond acceptors (Lipinski definition) is 5. The van der Waals surface area contributed by atoms with Crippen molar-refractivity contribution in [3.8, 4) is 11.1 Å². The van der Waals surface area contributed by atoms with Gasteiger partial charge in [-0.15, -0.1) is 0 Å². The monoisotopic (exact) mass is 466 g/mol. The van der Waals surface area contributed by atoms with E-state index in [-0.39, 0.29) is 37.4 Å². The molecule has 2 aromatic carbocycles. The van der Waals surface area contributed by atoms with Crippen molar-refractivity contribution < 1.29 is 29.0 Å². The van der Waals surface area contributed by atoms with Gasteiger partial charge < -0.3 is 25.2 Å². The van der Waals surface area contributed by atoms with Gasteiger partial charge in [0.15, 0.2) is 0 Å². The van der Waals surface area contributed by atoms with Crippen LogP contribution < -0.4 is 10.6 Å². The first-order valence-corrected chi connectivity index (χ1v) is 11.7. The van der Waals surface area contributed by atoms with Crippen LogP contribution in [0.25, 0.3) is 11.1 Å². The second kappa shape index (κ2) is 10.7. The van der Waals surface area contributed by atoms with Gasteiger partial charge >= 0.3 is 12.1 Å². The lowest BCUT2D eigenvalue weighted by molar-refractivity contribution is -0.141. The van der Waals surface area contributed by atoms with Crippen LogP contribution >= 0.6 is 0 Å². The van der Waals surface area contributed by atoms with Crippen molar-refractivity contribution in [2.24, 2.45) is 11.8 Å². The average Bonchev–Trinajstić information content (AvgIpc) is 3.44. The summed E-state index contributed by atoms with van der Waals surface area (Å²) in [4.78, 5) is 35.8. The number of hydrogen-bond donors (Lipinski definition) is 3. The summed E-state index contributed by atoms with van der Waals surface area (Å²) in [6.45, 7) is 2.79. The lowest BCUT2D eigenvalue weighted by atomic mass is 9.98. The molecule has 1 aliphatic carbocycles. The first-order chi connectivity index (χ1) is 16.5. The number of alkyl carbamates (subject to hydrolysis) is 1. The Labute approximate surface area is 198 Å². The number of rotatable bonds is 9. The third-order valence-corrected chi connectivity index (χ3v) is 6.62. The van der Waals surface area contributed by atoms with Crippen molar-refractivity contribution >= 4 is 18.0 Å². The van der Waals surface area contributed by atoms with Gasteiger partial charge in [0.05, 0.1) is 5.92 Å². The molecular weight excluding hydrogens is 436 g/mol. The molecule has 2 amide bonds. The minimum absolute atomic E-state index is 0.0142. The van der Waals surface area contributed by atoms with Gasteiger partial charge in [-0.1, -0.05) is 55.5 Å². The summed E-state index contributed by atoms with van der Waals surface area (Å²) in [5, 5.41) is 14.5. The van der Waals surface area contributed by atoms with Gasteiger partial charge in [-0.2, -0.15) is 0 Å². The number of fused-ring (bicyclic) bond motifs is 3. The Balaban J connectivity index is 1.26. The highest BCUT2D eigenvalue weighted by atomic mass is 16.5. The van der Waals surface area contributed by atoms with E-state index in [0.717, 1.165) is 11.1 Å². The first kappa shape index (κ1) is 23.8. The normalized spacial score (nSPS) is 19.7. The zero-order valence-corrected chi connectivity index (χ0v) is 19.2. The van der Waals surface area contributed by atoms with Gasteiger partial charge in [0, 0.05) is 31.5 Å². The predicted octanol–water partition coefficient (Wildman–Crippen LogP) is 3.16. The number of carbonyl (C=O) groups excluding carboxylic acids is 2. The van der Waals surface area contributed by atoms with Crippen LogP contribution in [0, 0.1) is 11.8 Å². The molecule has 0 saturated carbocycles. The SMILES string of the molecule is CC(CCNC(=O)[C@H]1OCC[C@H]1CNC(=O)OCC1c2ccccc2-c2ccccc21)C(=O)O. The minimum atomic E-state index is -0.892. The van der Waals surface area contributed by atoms with E-state index in [0.29, 0.717) is 19.4 Å². The fourth-order valence-corrected chi connectivity index (χ4v) is 4.63. The highest BCUT2D eigenvalue weighted by Gasteiger charge is 2.35. The summed E-state index contributed by atoms with van der Waals surface area (Å²) >= 11 is 0. The van der Waals surface area contributed by atoms with E-state index >= 15 is 0 Å². The quantitative estimate of drug-likeness (QED) is 0.523. The molecule has 0 bridgehead atoms. The molecule has 2 aliphatic rings. The van der Waals surface area contributed by atoms with Crippen molar-refractivity contribution in [1.29, 1.82) is 0 Å². The maximum atomic E-state index is 12.5. The lowest BCUT2D eigenvalue weighted by Gasteiger charge is -2.19. The molecule has 0 radical (unpaired) electrons. The van der Waals surface area contributed by atoms with Gasteiger partial charge in [0.25, 0.3) is 0 Å². The minimum Gasteiger partial charge on any atom is -0.481 e. The number of carboxylic acid groups (broad SMARTS) is 1. The molecule has 1 fully saturated rings. The molecule has 8 nitrogen and oxygen atoms in total. The molecule has 0 aromatic heterocycles. The lowest BCUT2D eigenvalue weighted by Crippen LogP contribution is -2.42. The van der Waals surface area contributed by atoms with Crippen molar-refractivity contribution in [3.63, 3.8) is 0 Å². The Morgan fingerprint density at radius 1 is 1.06 bits per heavy atom. The van der Waals surface area contributed by atoms with Crippen LogP contribution in [0.3, 0.4) is 0 Å². The van der Waals surface area contributed by atoms with Gasteiger partial charge in [-0.3, -0.25) is 9.59 Å². The number of amides is 2. The molecular formula is C26H30N2O6. The Bertz CT molecular complexity index is 1010. The van der Waals surface area contributed by atoms with E-state index in [4.69, 9.17) is 14.6 Å². The molecule has 2 aromatic rings. The van der Waals surface area contributed by atoms with Crippen LogP contribution in [-0.4, -0.2) is 55.5 Å². The summed E-state index contributed by atoms with van der Waals surface area (Å²) in [6.07, 6.45) is -0.207. The van der Waals surface area contributed by atoms with Crippen LogP contribution in [-0.2, 0) is 19.1 Å². The fourth-order valence-electron chi connectivity index (χ4n) is 4.63. The van der Waals surface area contributed by atoms with Crippen LogP contribution in [0.4, 0.5) is 4.79 Å². The molecule has 1 unspecified atom stereocenters. The van der Waals surface area contributed by atoms with E-state index in [9.17, 15) is 14.4 Å². The summed E-state index contributed by atoms with van der Waals surface area (Å²) in [5.74, 6) is -1.89. The molecule has 3 atom stereocenters. The third kappa shape index (κ3) is 5.22. The first-order valence-electron chi connectivity index (χ1n) is 11.7. The van der Waals surface area contributed by atoms with E-state index in [2.05, 4.69) is 34.9 Å². The maximum absolute atomic E-state index is 12.5. The highest BCUT2D eigenvalue weighted by molar-refractivity contribution is 5.82. The maximum Gasteiger partial charge on any atom is 0.407 e. The third-order valence-electron chi connectivity index (χ3n) is 6.62. The summed E-state index contributed by atoms with van der Waals surface area (Å²) in [5.41, 5.74) is 4.63. The number of nitrogens with one attached hydrogen (secondary N) is 2. The summed E-state index contributed by atoms with van der Waals surface area (Å²) in [6, 6.07) is 16.3. The molecule has 3 N–H and O–H groups in total. The molecule has 1 saturated heterocycles. The Hall–Kier alpha value is -3.39. The zero-order chi connectivity index (χ0) is 24.1. The van der Waals surface area contributed by atoms with Crippen LogP contribution in [0.15, 0.2) is 48.5 Å². The van der Waals surface area contributed by atoms with Crippen LogP contribution in [0.2, 0.25) is 0 Å². The van der Waals surface area contributed by atoms with E-state index in [1.807, 2.05) is 24.3 Å². The topological polar surface area (TPSA) is 114 Å². The number of aliphatic carboxylic acids is 1. The van der Waals surface area contributed by atoms with E-state index in [1.54, 1.807) is 6.92 Å². The standard InChI is InChI=1S/C26H30N2O6/c1-16(25(30)31)10-12-27-24(29)23-17(11-13-33-23)14-28-26(32)34-15-22-20-8-4-2-6-18(20)19-7-3-5-9-21(19)22/h2-9,16-17,22-23H,10-15H2,1H3,(H,27,29)(H,28,32)(H,30,31)/t16?,17-,23-/m0/s1. The molecule has 34 heavy (non-hydrogen) atoms. The van der Waals surface area contributed by atoms with Gasteiger partial charge in [0.2, 0.25) is 5.91 Å². The van der Waals surface area contributed by atoms with Gasteiger partial charge in [0.1, 0.15) is 12.7 Å². The average molecular weight is 467 g/mol. The van der Waals surface area contributed by atoms with Gasteiger partial charge in [-0.05, 0) is 35.1 Å². The van der Waals surface area contributed by atoms with Gasteiger partial charge in [-0.25, -0.2) is 4.79 Å². The molecule has 1 aliphatic heterocycles. The molecule has 1 heterocycles. The fraction of sp³-hybridized carbons (Fsp3) is 0.423. The van der Waals surface area contributed by atoms with Crippen molar-refractivity contribution in [3.05, 3.63) is 59.7 Å². The molecule has 180 valence electrons.